The van der Waals surface area contributed by atoms with Gasteiger partial charge in [-0.05, 0) is 50.6 Å². The summed E-state index contributed by atoms with van der Waals surface area (Å²) in [6.07, 6.45) is 1.51. The first-order chi connectivity index (χ1) is 8.66. The molecule has 0 saturated carbocycles. The second kappa shape index (κ2) is 5.58. The van der Waals surface area contributed by atoms with E-state index in [2.05, 4.69) is 48.1 Å². The maximum Gasteiger partial charge on any atom is 0.297 e. The Balaban J connectivity index is 1.98. The Hall–Kier alpha value is -1.97. The van der Waals surface area contributed by atoms with Crippen LogP contribution in [0, 0.1) is 3.57 Å². The number of nitrogens with one attached hydrogen (secondary N) is 1. The number of halogens is 1. The largest absolute Gasteiger partial charge is 0.379 e. The summed E-state index contributed by atoms with van der Waals surface area (Å²) in [6.45, 7) is 0. The standard InChI is InChI=1S/C10H8IN5O2/c11-7-3-1-6(2-4-7)5-13-14-10(17)8-9(12)16-18-15-8/h1-5H,(H2,12,16)(H,14,17). The topological polar surface area (TPSA) is 106 Å². The molecular formula is C10H8IN5O2. The lowest BCUT2D eigenvalue weighted by Gasteiger charge is -1.95. The molecule has 0 atom stereocenters. The summed E-state index contributed by atoms with van der Waals surface area (Å²) in [7, 11) is 0. The van der Waals surface area contributed by atoms with E-state index in [1.54, 1.807) is 0 Å². The van der Waals surface area contributed by atoms with Crippen molar-refractivity contribution < 1.29 is 9.42 Å². The maximum atomic E-state index is 11.5. The SMILES string of the molecule is Nc1nonc1C(=O)NN=Cc1ccc(I)cc1. The molecule has 1 heterocycles. The second-order valence-electron chi connectivity index (χ2n) is 3.25. The molecular weight excluding hydrogens is 349 g/mol. The monoisotopic (exact) mass is 357 g/mol. The van der Waals surface area contributed by atoms with Crippen LogP contribution in [0.15, 0.2) is 34.0 Å². The number of carbonyl (C=O) groups excluding carboxylic acids is 1. The van der Waals surface area contributed by atoms with Crippen molar-refractivity contribution in [1.29, 1.82) is 0 Å². The van der Waals surface area contributed by atoms with Crippen LogP contribution in [-0.2, 0) is 0 Å². The molecule has 1 amide bonds. The van der Waals surface area contributed by atoms with Crippen molar-refractivity contribution in [2.75, 3.05) is 5.73 Å². The van der Waals surface area contributed by atoms with Crippen LogP contribution in [0.1, 0.15) is 16.1 Å². The van der Waals surface area contributed by atoms with Gasteiger partial charge >= 0.3 is 0 Å². The number of rotatable bonds is 3. The first-order valence-electron chi connectivity index (χ1n) is 4.84. The summed E-state index contributed by atoms with van der Waals surface area (Å²) in [6, 6.07) is 7.62. The summed E-state index contributed by atoms with van der Waals surface area (Å²) in [5.41, 5.74) is 8.41. The molecule has 0 aliphatic heterocycles. The van der Waals surface area contributed by atoms with Gasteiger partial charge in [-0.15, -0.1) is 0 Å². The van der Waals surface area contributed by atoms with E-state index < -0.39 is 5.91 Å². The summed E-state index contributed by atoms with van der Waals surface area (Å²) in [5, 5.41) is 10.4. The minimum absolute atomic E-state index is 0.0723. The molecule has 0 fully saturated rings. The fraction of sp³-hybridized carbons (Fsp3) is 0. The highest BCUT2D eigenvalue weighted by molar-refractivity contribution is 14.1. The van der Waals surface area contributed by atoms with Crippen LogP contribution in [0.2, 0.25) is 0 Å². The number of benzene rings is 1. The number of carbonyl (C=O) groups is 1. The van der Waals surface area contributed by atoms with E-state index >= 15 is 0 Å². The first kappa shape index (κ1) is 12.5. The first-order valence-corrected chi connectivity index (χ1v) is 5.91. The van der Waals surface area contributed by atoms with Crippen molar-refractivity contribution in [3.63, 3.8) is 0 Å². The Bertz CT molecular complexity index is 578. The number of nitrogens with two attached hydrogens (primary N) is 1. The zero-order chi connectivity index (χ0) is 13.0. The summed E-state index contributed by atoms with van der Waals surface area (Å²) >= 11 is 2.20. The van der Waals surface area contributed by atoms with Gasteiger partial charge in [0.15, 0.2) is 0 Å². The van der Waals surface area contributed by atoms with E-state index in [-0.39, 0.29) is 11.5 Å². The van der Waals surface area contributed by atoms with E-state index in [1.165, 1.54) is 6.21 Å². The lowest BCUT2D eigenvalue weighted by molar-refractivity contribution is 0.0946. The van der Waals surface area contributed by atoms with Crippen LogP contribution in [0.4, 0.5) is 5.82 Å². The highest BCUT2D eigenvalue weighted by Crippen LogP contribution is 2.05. The molecule has 1 aromatic heterocycles. The van der Waals surface area contributed by atoms with E-state index in [9.17, 15) is 4.79 Å². The van der Waals surface area contributed by atoms with E-state index in [0.717, 1.165) is 9.13 Å². The molecule has 18 heavy (non-hydrogen) atoms. The predicted molar refractivity (Wildman–Crippen MR) is 72.9 cm³/mol. The highest BCUT2D eigenvalue weighted by atomic mass is 127. The maximum absolute atomic E-state index is 11.5. The molecule has 8 heteroatoms. The smallest absolute Gasteiger partial charge is 0.297 e. The van der Waals surface area contributed by atoms with E-state index in [1.807, 2.05) is 24.3 Å². The molecule has 0 bridgehead atoms. The normalized spacial score (nSPS) is 10.7. The molecule has 0 aliphatic carbocycles. The lowest BCUT2D eigenvalue weighted by atomic mass is 10.2. The number of hydrogen-bond donors (Lipinski definition) is 2. The third-order valence-corrected chi connectivity index (χ3v) is 2.70. The van der Waals surface area contributed by atoms with Crippen molar-refractivity contribution >= 4 is 40.5 Å². The highest BCUT2D eigenvalue weighted by Gasteiger charge is 2.14. The molecule has 2 rings (SSSR count). The molecule has 0 radical (unpaired) electrons. The van der Waals surface area contributed by atoms with Crippen LogP contribution >= 0.6 is 22.6 Å². The van der Waals surface area contributed by atoms with Crippen LogP contribution in [-0.4, -0.2) is 22.4 Å². The van der Waals surface area contributed by atoms with Gasteiger partial charge in [0.25, 0.3) is 5.91 Å². The Kier molecular flexibility index (Phi) is 3.87. The lowest BCUT2D eigenvalue weighted by Crippen LogP contribution is -2.19. The zero-order valence-electron chi connectivity index (χ0n) is 9.00. The quantitative estimate of drug-likeness (QED) is 0.485. The molecule has 7 nitrogen and oxygen atoms in total. The Morgan fingerprint density at radius 2 is 2.11 bits per heavy atom. The van der Waals surface area contributed by atoms with Crippen molar-refractivity contribution in [1.82, 2.24) is 15.7 Å². The number of nitrogens with zero attached hydrogens (tertiary/aromatic N) is 3. The van der Waals surface area contributed by atoms with Gasteiger partial charge in [0.05, 0.1) is 6.21 Å². The third kappa shape index (κ3) is 3.03. The van der Waals surface area contributed by atoms with Gasteiger partial charge < -0.3 is 5.73 Å². The van der Waals surface area contributed by atoms with Crippen LogP contribution in [0.25, 0.3) is 0 Å². The second-order valence-corrected chi connectivity index (χ2v) is 4.49. The van der Waals surface area contributed by atoms with Crippen molar-refractivity contribution in [2.45, 2.75) is 0 Å². The molecule has 0 unspecified atom stereocenters. The van der Waals surface area contributed by atoms with Gasteiger partial charge in [-0.25, -0.2) is 10.1 Å². The van der Waals surface area contributed by atoms with Gasteiger partial charge in [0.1, 0.15) is 0 Å². The van der Waals surface area contributed by atoms with Crippen molar-refractivity contribution in [3.05, 3.63) is 39.1 Å². The Morgan fingerprint density at radius 1 is 1.39 bits per heavy atom. The van der Waals surface area contributed by atoms with Crippen LogP contribution in [0.3, 0.4) is 0 Å². The van der Waals surface area contributed by atoms with Gasteiger partial charge in [0, 0.05) is 3.57 Å². The van der Waals surface area contributed by atoms with Gasteiger partial charge in [-0.3, -0.25) is 4.79 Å². The van der Waals surface area contributed by atoms with Crippen molar-refractivity contribution in [2.24, 2.45) is 5.10 Å². The number of nitrogen functional groups attached to an aromatic ring is 1. The number of hydrazone groups is 1. The molecule has 1 aromatic carbocycles. The number of aromatic nitrogens is 2. The fourth-order valence-corrected chi connectivity index (χ4v) is 1.48. The molecule has 2 aromatic rings. The van der Waals surface area contributed by atoms with Gasteiger partial charge in [-0.1, -0.05) is 12.1 Å². The van der Waals surface area contributed by atoms with Crippen molar-refractivity contribution in [3.8, 4) is 0 Å². The van der Waals surface area contributed by atoms with Gasteiger partial charge in [0.2, 0.25) is 11.5 Å². The Labute approximate surface area is 116 Å². The molecule has 0 aliphatic rings. The average Bonchev–Trinajstić information content (AvgIpc) is 2.78. The van der Waals surface area contributed by atoms with Gasteiger partial charge in [-0.2, -0.15) is 5.10 Å². The molecule has 0 spiro atoms. The minimum atomic E-state index is -0.574. The zero-order valence-corrected chi connectivity index (χ0v) is 11.2. The average molecular weight is 357 g/mol. The Morgan fingerprint density at radius 3 is 2.72 bits per heavy atom. The fourth-order valence-electron chi connectivity index (χ4n) is 1.12. The number of anilines is 1. The van der Waals surface area contributed by atoms with Crippen LogP contribution < -0.4 is 11.2 Å². The summed E-state index contributed by atoms with van der Waals surface area (Å²) in [4.78, 5) is 11.5. The molecule has 0 saturated heterocycles. The van der Waals surface area contributed by atoms with E-state index in [4.69, 9.17) is 5.73 Å². The van der Waals surface area contributed by atoms with Crippen LogP contribution in [0.5, 0.6) is 0 Å². The summed E-state index contributed by atoms with van der Waals surface area (Å²) < 4.78 is 5.43. The minimum Gasteiger partial charge on any atom is -0.379 e. The molecule has 3 N–H and O–H groups in total. The molecule has 92 valence electrons. The summed E-state index contributed by atoms with van der Waals surface area (Å²) in [5.74, 6) is -0.646. The number of amides is 1. The third-order valence-electron chi connectivity index (χ3n) is 1.98. The van der Waals surface area contributed by atoms with E-state index in [0.29, 0.717) is 0 Å². The number of hydrogen-bond acceptors (Lipinski definition) is 6. The predicted octanol–water partition coefficient (Wildman–Crippen LogP) is 1.02.